The quantitative estimate of drug-likeness (QED) is 0.795. The maximum atomic E-state index is 12.4. The van der Waals surface area contributed by atoms with Gasteiger partial charge < -0.3 is 20.7 Å². The number of amides is 3. The molecule has 1 aromatic carbocycles. The molecule has 6 heteroatoms. The van der Waals surface area contributed by atoms with Gasteiger partial charge in [0.2, 0.25) is 5.91 Å². The van der Waals surface area contributed by atoms with Gasteiger partial charge in [-0.15, -0.1) is 0 Å². The number of hydrogen-bond donors (Lipinski definition) is 2. The van der Waals surface area contributed by atoms with E-state index < -0.39 is 6.03 Å². The fourth-order valence-corrected chi connectivity index (χ4v) is 2.91. The predicted octanol–water partition coefficient (Wildman–Crippen LogP) is 2.52. The first-order valence-electron chi connectivity index (χ1n) is 9.00. The summed E-state index contributed by atoms with van der Waals surface area (Å²) in [7, 11) is 0. The van der Waals surface area contributed by atoms with Crippen LogP contribution in [-0.2, 0) is 11.3 Å². The molecule has 138 valence electrons. The fourth-order valence-electron chi connectivity index (χ4n) is 2.91. The van der Waals surface area contributed by atoms with Crippen LogP contribution in [-0.4, -0.2) is 36.5 Å². The van der Waals surface area contributed by atoms with Crippen LogP contribution in [0, 0.1) is 11.8 Å². The number of hydrogen-bond acceptors (Lipinski definition) is 3. The summed E-state index contributed by atoms with van der Waals surface area (Å²) < 4.78 is 5.85. The molecule has 1 fully saturated rings. The van der Waals surface area contributed by atoms with Crippen LogP contribution in [0.5, 0.6) is 5.75 Å². The summed E-state index contributed by atoms with van der Waals surface area (Å²) in [6.45, 7) is 6.44. The largest absolute Gasteiger partial charge is 0.493 e. The number of nitrogens with one attached hydrogen (secondary N) is 1. The third-order valence-electron chi connectivity index (χ3n) is 4.48. The second kappa shape index (κ2) is 9.30. The van der Waals surface area contributed by atoms with E-state index in [1.54, 1.807) is 0 Å². The smallest absolute Gasteiger partial charge is 0.314 e. The van der Waals surface area contributed by atoms with Gasteiger partial charge in [0.05, 0.1) is 12.5 Å². The summed E-state index contributed by atoms with van der Waals surface area (Å²) in [4.78, 5) is 25.3. The first kappa shape index (κ1) is 19.1. The summed E-state index contributed by atoms with van der Waals surface area (Å²) in [6.07, 6.45) is 2.57. The second-order valence-corrected chi connectivity index (χ2v) is 6.98. The Morgan fingerprint density at radius 1 is 1.36 bits per heavy atom. The highest BCUT2D eigenvalue weighted by Crippen LogP contribution is 2.20. The van der Waals surface area contributed by atoms with Gasteiger partial charge in [0.15, 0.2) is 0 Å². The van der Waals surface area contributed by atoms with Crippen molar-refractivity contribution < 1.29 is 14.3 Å². The highest BCUT2D eigenvalue weighted by molar-refractivity contribution is 5.80. The van der Waals surface area contributed by atoms with Gasteiger partial charge in [-0.25, -0.2) is 4.79 Å². The van der Waals surface area contributed by atoms with Gasteiger partial charge in [0.1, 0.15) is 5.75 Å². The van der Waals surface area contributed by atoms with Crippen LogP contribution in [0.3, 0.4) is 0 Å². The highest BCUT2D eigenvalue weighted by atomic mass is 16.5. The molecule has 0 radical (unpaired) electrons. The number of likely N-dealkylation sites (tertiary alicyclic amines) is 1. The maximum Gasteiger partial charge on any atom is 0.314 e. The molecule has 1 atom stereocenters. The van der Waals surface area contributed by atoms with Crippen molar-refractivity contribution in [3.8, 4) is 5.75 Å². The van der Waals surface area contributed by atoms with Gasteiger partial charge in [-0.2, -0.15) is 0 Å². The van der Waals surface area contributed by atoms with Crippen LogP contribution in [0.1, 0.15) is 38.7 Å². The van der Waals surface area contributed by atoms with Crippen molar-refractivity contribution in [3.05, 3.63) is 29.8 Å². The zero-order chi connectivity index (χ0) is 18.2. The number of carbonyl (C=O) groups excluding carboxylic acids is 2. The molecule has 0 aliphatic carbocycles. The molecule has 1 aromatic rings. The van der Waals surface area contributed by atoms with Crippen LogP contribution < -0.4 is 15.8 Å². The standard InChI is InChI=1S/C19H29N3O3/c1-14(2)9-11-25-17-8-4-3-6-15(17)12-21-18(23)16-7-5-10-22(13-16)19(20)24/h3-4,6,8,14,16H,5,7,9-13H2,1-2H3,(H2,20,24)(H,21,23)/t16-/m1/s1. The summed E-state index contributed by atoms with van der Waals surface area (Å²) >= 11 is 0. The monoisotopic (exact) mass is 347 g/mol. The van der Waals surface area contributed by atoms with Crippen LogP contribution >= 0.6 is 0 Å². The van der Waals surface area contributed by atoms with E-state index in [4.69, 9.17) is 10.5 Å². The van der Waals surface area contributed by atoms with Crippen LogP contribution in [0.25, 0.3) is 0 Å². The van der Waals surface area contributed by atoms with E-state index in [2.05, 4.69) is 19.2 Å². The number of benzene rings is 1. The van der Waals surface area contributed by atoms with Gasteiger partial charge in [-0.05, 0) is 31.2 Å². The molecule has 1 heterocycles. The number of urea groups is 1. The molecule has 6 nitrogen and oxygen atoms in total. The lowest BCUT2D eigenvalue weighted by Gasteiger charge is -2.30. The van der Waals surface area contributed by atoms with Gasteiger partial charge >= 0.3 is 6.03 Å². The van der Waals surface area contributed by atoms with E-state index in [0.717, 1.165) is 30.6 Å². The topological polar surface area (TPSA) is 84.7 Å². The number of ether oxygens (including phenoxy) is 1. The van der Waals surface area contributed by atoms with Gasteiger partial charge in [0.25, 0.3) is 0 Å². The van der Waals surface area contributed by atoms with Gasteiger partial charge in [0, 0.05) is 25.2 Å². The van der Waals surface area contributed by atoms with Crippen LogP contribution in [0.4, 0.5) is 4.79 Å². The summed E-state index contributed by atoms with van der Waals surface area (Å²) in [6, 6.07) is 7.30. The molecule has 0 bridgehead atoms. The van der Waals surface area contributed by atoms with Crippen molar-refractivity contribution in [1.82, 2.24) is 10.2 Å². The second-order valence-electron chi connectivity index (χ2n) is 6.98. The molecule has 0 aromatic heterocycles. The molecule has 1 aliphatic heterocycles. The number of nitrogens with two attached hydrogens (primary N) is 1. The number of carbonyl (C=O) groups is 2. The summed E-state index contributed by atoms with van der Waals surface area (Å²) in [5.74, 6) is 1.16. The Morgan fingerprint density at radius 3 is 2.84 bits per heavy atom. The zero-order valence-electron chi connectivity index (χ0n) is 15.2. The van der Waals surface area contributed by atoms with E-state index in [-0.39, 0.29) is 11.8 Å². The number of nitrogens with zero attached hydrogens (tertiary/aromatic N) is 1. The number of piperidine rings is 1. The van der Waals surface area contributed by atoms with Gasteiger partial charge in [-0.1, -0.05) is 32.0 Å². The molecule has 25 heavy (non-hydrogen) atoms. The fraction of sp³-hybridized carbons (Fsp3) is 0.579. The molecule has 3 amide bonds. The Bertz CT molecular complexity index is 589. The Balaban J connectivity index is 1.88. The Morgan fingerprint density at radius 2 is 2.12 bits per heavy atom. The molecule has 0 saturated carbocycles. The third-order valence-corrected chi connectivity index (χ3v) is 4.48. The van der Waals surface area contributed by atoms with Crippen molar-refractivity contribution in [1.29, 1.82) is 0 Å². The molecule has 1 aliphatic rings. The zero-order valence-corrected chi connectivity index (χ0v) is 15.2. The van der Waals surface area contributed by atoms with E-state index in [1.165, 1.54) is 4.90 Å². The lowest BCUT2D eigenvalue weighted by molar-refractivity contribution is -0.126. The van der Waals surface area contributed by atoms with Gasteiger partial charge in [-0.3, -0.25) is 4.79 Å². The number of rotatable bonds is 7. The van der Waals surface area contributed by atoms with Crippen LogP contribution in [0.15, 0.2) is 24.3 Å². The summed E-state index contributed by atoms with van der Waals surface area (Å²) in [5.41, 5.74) is 6.28. The SMILES string of the molecule is CC(C)CCOc1ccccc1CNC(=O)[C@@H]1CCCN(C(N)=O)C1. The third kappa shape index (κ3) is 5.96. The van der Waals surface area contributed by atoms with E-state index in [9.17, 15) is 9.59 Å². The van der Waals surface area contributed by atoms with Crippen molar-refractivity contribution in [2.75, 3.05) is 19.7 Å². The summed E-state index contributed by atoms with van der Waals surface area (Å²) in [5, 5.41) is 2.97. The molecule has 0 unspecified atom stereocenters. The lowest BCUT2D eigenvalue weighted by Crippen LogP contribution is -2.47. The maximum absolute atomic E-state index is 12.4. The Kier molecular flexibility index (Phi) is 7.10. The first-order valence-corrected chi connectivity index (χ1v) is 9.00. The minimum atomic E-state index is -0.457. The highest BCUT2D eigenvalue weighted by Gasteiger charge is 2.27. The molecular formula is C19H29N3O3. The molecular weight excluding hydrogens is 318 g/mol. The first-order chi connectivity index (χ1) is 12.0. The Labute approximate surface area is 149 Å². The average Bonchev–Trinajstić information content (AvgIpc) is 2.60. The molecule has 1 saturated heterocycles. The predicted molar refractivity (Wildman–Crippen MR) is 97.1 cm³/mol. The van der Waals surface area contributed by atoms with E-state index in [0.29, 0.717) is 32.2 Å². The normalized spacial score (nSPS) is 17.4. The van der Waals surface area contributed by atoms with Crippen molar-refractivity contribution >= 4 is 11.9 Å². The van der Waals surface area contributed by atoms with E-state index in [1.807, 2.05) is 24.3 Å². The molecule has 0 spiro atoms. The average molecular weight is 347 g/mol. The minimum absolute atomic E-state index is 0.0390. The minimum Gasteiger partial charge on any atom is -0.493 e. The number of para-hydroxylation sites is 1. The lowest BCUT2D eigenvalue weighted by atomic mass is 9.97. The molecule has 3 N–H and O–H groups in total. The molecule has 2 rings (SSSR count). The number of primary amides is 1. The van der Waals surface area contributed by atoms with Crippen molar-refractivity contribution in [2.45, 2.75) is 39.7 Å². The Hall–Kier alpha value is -2.24. The van der Waals surface area contributed by atoms with Crippen LogP contribution in [0.2, 0.25) is 0 Å². The van der Waals surface area contributed by atoms with Crippen molar-refractivity contribution in [3.63, 3.8) is 0 Å². The van der Waals surface area contributed by atoms with Crippen molar-refractivity contribution in [2.24, 2.45) is 17.6 Å². The van der Waals surface area contributed by atoms with E-state index >= 15 is 0 Å².